The van der Waals surface area contributed by atoms with Gasteiger partial charge in [0.1, 0.15) is 29.8 Å². The Morgan fingerprint density at radius 1 is 1.43 bits per heavy atom. The summed E-state index contributed by atoms with van der Waals surface area (Å²) in [4.78, 5) is 18.0. The normalized spacial score (nSPS) is 19.9. The lowest BCUT2D eigenvalue weighted by molar-refractivity contribution is 0.0698. The topological polar surface area (TPSA) is 115 Å². The fraction of sp³-hybridized carbons (Fsp3) is 0.350. The molecule has 2 aliphatic heterocycles. The molecular formula is C20H20FN5O4. The predicted molar refractivity (Wildman–Crippen MR) is 105 cm³/mol. The third-order valence-electron chi connectivity index (χ3n) is 5.50. The van der Waals surface area contributed by atoms with Gasteiger partial charge >= 0.3 is 5.97 Å². The Labute approximate surface area is 170 Å². The van der Waals surface area contributed by atoms with Crippen LogP contribution in [-0.4, -0.2) is 51.0 Å². The molecule has 1 unspecified atom stereocenters. The van der Waals surface area contributed by atoms with Gasteiger partial charge in [0, 0.05) is 30.6 Å². The highest BCUT2D eigenvalue weighted by Gasteiger charge is 2.31. The van der Waals surface area contributed by atoms with Gasteiger partial charge in [0.25, 0.3) is 0 Å². The molecule has 0 saturated heterocycles. The van der Waals surface area contributed by atoms with Crippen molar-refractivity contribution < 1.29 is 23.8 Å². The minimum absolute atomic E-state index is 0.00301. The molecule has 4 heterocycles. The van der Waals surface area contributed by atoms with Gasteiger partial charge in [0.2, 0.25) is 0 Å². The molecule has 30 heavy (non-hydrogen) atoms. The van der Waals surface area contributed by atoms with Crippen LogP contribution in [0, 0.1) is 5.82 Å². The standard InChI is InChI=1S/C20H20FN5O4/c1-10-9-29-16-8-26-18(15(6-23-26)20(27)28)24-19(16)25(10)7-12-3-13(21)2-11-4-14(5-22)30-17(11)12/h2-3,6,8,10,14H,4-5,7,9,22H2,1H3,(H,27,28)/t10-,14?/m1/s1. The Morgan fingerprint density at radius 2 is 2.27 bits per heavy atom. The van der Waals surface area contributed by atoms with Gasteiger partial charge in [-0.3, -0.25) is 0 Å². The van der Waals surface area contributed by atoms with Gasteiger partial charge in [-0.25, -0.2) is 18.7 Å². The molecule has 2 aliphatic rings. The van der Waals surface area contributed by atoms with E-state index in [2.05, 4.69) is 10.1 Å². The number of benzene rings is 1. The van der Waals surface area contributed by atoms with Gasteiger partial charge in [-0.1, -0.05) is 0 Å². The quantitative estimate of drug-likeness (QED) is 0.663. The molecule has 3 N–H and O–H groups in total. The number of hydrogen-bond donors (Lipinski definition) is 2. The number of halogens is 1. The van der Waals surface area contributed by atoms with Gasteiger partial charge in [0.15, 0.2) is 17.2 Å². The Morgan fingerprint density at radius 3 is 3.03 bits per heavy atom. The first-order valence-corrected chi connectivity index (χ1v) is 9.63. The lowest BCUT2D eigenvalue weighted by Gasteiger charge is -2.36. The van der Waals surface area contributed by atoms with E-state index in [0.717, 1.165) is 5.56 Å². The molecule has 0 spiro atoms. The molecule has 10 heteroatoms. The zero-order valence-electron chi connectivity index (χ0n) is 16.2. The number of aromatic carboxylic acids is 1. The monoisotopic (exact) mass is 413 g/mol. The SMILES string of the molecule is C[C@@H]1COc2cn3ncc(C(=O)O)c3nc2N1Cc1cc(F)cc2c1OC(CN)C2. The number of ether oxygens (including phenoxy) is 2. The predicted octanol–water partition coefficient (Wildman–Crippen LogP) is 1.62. The van der Waals surface area contributed by atoms with E-state index in [1.807, 2.05) is 11.8 Å². The smallest absolute Gasteiger partial charge is 0.341 e. The van der Waals surface area contributed by atoms with Crippen molar-refractivity contribution >= 4 is 17.4 Å². The molecule has 2 atom stereocenters. The summed E-state index contributed by atoms with van der Waals surface area (Å²) in [5, 5.41) is 13.5. The second-order valence-corrected chi connectivity index (χ2v) is 7.58. The summed E-state index contributed by atoms with van der Waals surface area (Å²) in [6, 6.07) is 2.87. The molecule has 156 valence electrons. The van der Waals surface area contributed by atoms with Gasteiger partial charge in [0.05, 0.1) is 18.4 Å². The zero-order chi connectivity index (χ0) is 21.0. The van der Waals surface area contributed by atoms with E-state index < -0.39 is 5.97 Å². The number of rotatable bonds is 4. The Kier molecular flexibility index (Phi) is 4.24. The third-order valence-corrected chi connectivity index (χ3v) is 5.50. The number of nitrogens with two attached hydrogens (primary N) is 1. The van der Waals surface area contributed by atoms with E-state index in [1.165, 1.54) is 22.8 Å². The second-order valence-electron chi connectivity index (χ2n) is 7.58. The van der Waals surface area contributed by atoms with Crippen molar-refractivity contribution in [2.24, 2.45) is 5.73 Å². The van der Waals surface area contributed by atoms with Crippen LogP contribution in [0.1, 0.15) is 28.4 Å². The first kappa shape index (κ1) is 18.6. The van der Waals surface area contributed by atoms with Crippen LogP contribution in [0.5, 0.6) is 11.5 Å². The van der Waals surface area contributed by atoms with Crippen LogP contribution in [-0.2, 0) is 13.0 Å². The molecule has 0 amide bonds. The third kappa shape index (κ3) is 2.91. The lowest BCUT2D eigenvalue weighted by Crippen LogP contribution is -2.41. The number of hydrogen-bond acceptors (Lipinski definition) is 7. The number of aromatic nitrogens is 3. The maximum atomic E-state index is 14.3. The van der Waals surface area contributed by atoms with Crippen molar-refractivity contribution in [3.8, 4) is 11.5 Å². The first-order chi connectivity index (χ1) is 14.4. The fourth-order valence-corrected chi connectivity index (χ4v) is 3.99. The molecule has 2 aromatic heterocycles. The van der Waals surface area contributed by atoms with Crippen molar-refractivity contribution in [1.82, 2.24) is 14.6 Å². The highest BCUT2D eigenvalue weighted by Crippen LogP contribution is 2.38. The van der Waals surface area contributed by atoms with E-state index in [-0.39, 0.29) is 29.2 Å². The van der Waals surface area contributed by atoms with E-state index in [9.17, 15) is 14.3 Å². The first-order valence-electron chi connectivity index (χ1n) is 9.63. The van der Waals surface area contributed by atoms with Crippen molar-refractivity contribution in [1.29, 1.82) is 0 Å². The van der Waals surface area contributed by atoms with Gasteiger partial charge in [-0.15, -0.1) is 0 Å². The van der Waals surface area contributed by atoms with Crippen LogP contribution in [0.15, 0.2) is 24.5 Å². The van der Waals surface area contributed by atoms with Crippen LogP contribution in [0.25, 0.3) is 5.65 Å². The number of fused-ring (bicyclic) bond motifs is 3. The van der Waals surface area contributed by atoms with Crippen molar-refractivity contribution in [3.63, 3.8) is 0 Å². The van der Waals surface area contributed by atoms with Crippen molar-refractivity contribution in [2.45, 2.75) is 32.0 Å². The van der Waals surface area contributed by atoms with Gasteiger partial charge in [-0.2, -0.15) is 5.10 Å². The molecule has 0 saturated carbocycles. The van der Waals surface area contributed by atoms with E-state index in [1.54, 1.807) is 6.20 Å². The molecular weight excluding hydrogens is 393 g/mol. The van der Waals surface area contributed by atoms with Crippen molar-refractivity contribution in [2.75, 3.05) is 18.1 Å². The minimum Gasteiger partial charge on any atom is -0.488 e. The maximum Gasteiger partial charge on any atom is 0.341 e. The Balaban J connectivity index is 1.58. The average molecular weight is 413 g/mol. The van der Waals surface area contributed by atoms with Crippen LogP contribution < -0.4 is 20.1 Å². The number of nitrogens with zero attached hydrogens (tertiary/aromatic N) is 4. The fourth-order valence-electron chi connectivity index (χ4n) is 3.99. The Hall–Kier alpha value is -3.40. The zero-order valence-corrected chi connectivity index (χ0v) is 16.2. The van der Waals surface area contributed by atoms with Crippen LogP contribution in [0.2, 0.25) is 0 Å². The summed E-state index contributed by atoms with van der Waals surface area (Å²) >= 11 is 0. The number of carbonyl (C=O) groups is 1. The van der Waals surface area contributed by atoms with E-state index in [0.29, 0.717) is 49.0 Å². The summed E-state index contributed by atoms with van der Waals surface area (Å²) in [5.41, 5.74) is 7.44. The number of carboxylic acid groups (broad SMARTS) is 1. The summed E-state index contributed by atoms with van der Waals surface area (Å²) in [7, 11) is 0. The van der Waals surface area contributed by atoms with E-state index >= 15 is 0 Å². The largest absolute Gasteiger partial charge is 0.488 e. The molecule has 0 radical (unpaired) electrons. The molecule has 0 aliphatic carbocycles. The van der Waals surface area contributed by atoms with Crippen LogP contribution >= 0.6 is 0 Å². The van der Waals surface area contributed by atoms with Crippen molar-refractivity contribution in [3.05, 3.63) is 47.0 Å². The summed E-state index contributed by atoms with van der Waals surface area (Å²) in [6.45, 7) is 3.04. The van der Waals surface area contributed by atoms with Crippen LogP contribution in [0.3, 0.4) is 0 Å². The molecule has 0 bridgehead atoms. The maximum absolute atomic E-state index is 14.3. The summed E-state index contributed by atoms with van der Waals surface area (Å²) < 4.78 is 27.4. The highest BCUT2D eigenvalue weighted by molar-refractivity contribution is 5.94. The molecule has 5 rings (SSSR count). The number of carboxylic acids is 1. The molecule has 3 aromatic rings. The molecule has 9 nitrogen and oxygen atoms in total. The molecule has 0 fully saturated rings. The summed E-state index contributed by atoms with van der Waals surface area (Å²) in [5.74, 6) is 0.172. The molecule has 1 aromatic carbocycles. The second kappa shape index (κ2) is 6.84. The van der Waals surface area contributed by atoms with Crippen LogP contribution in [0.4, 0.5) is 10.2 Å². The Bertz CT molecular complexity index is 1160. The lowest BCUT2D eigenvalue weighted by atomic mass is 10.0. The summed E-state index contributed by atoms with van der Waals surface area (Å²) in [6.07, 6.45) is 3.27. The van der Waals surface area contributed by atoms with Gasteiger partial charge in [-0.05, 0) is 19.1 Å². The minimum atomic E-state index is -1.11. The van der Waals surface area contributed by atoms with E-state index in [4.69, 9.17) is 15.2 Å². The highest BCUT2D eigenvalue weighted by atomic mass is 19.1. The van der Waals surface area contributed by atoms with Gasteiger partial charge < -0.3 is 25.2 Å². The number of anilines is 1. The average Bonchev–Trinajstić information content (AvgIpc) is 3.32.